The van der Waals surface area contributed by atoms with Crippen LogP contribution < -0.4 is 11.3 Å². The van der Waals surface area contributed by atoms with Crippen LogP contribution in [-0.4, -0.2) is 0 Å². The maximum atomic E-state index is 6.08. The third-order valence-electron chi connectivity index (χ3n) is 4.23. The van der Waals surface area contributed by atoms with Gasteiger partial charge >= 0.3 is 0 Å². The SMILES string of the molecule is NNC(c1ccc(C2CCC2)cc1)c1cc(Cl)cc(Cl)c1. The highest BCUT2D eigenvalue weighted by Gasteiger charge is 2.20. The fourth-order valence-corrected chi connectivity index (χ4v) is 3.37. The highest BCUT2D eigenvalue weighted by molar-refractivity contribution is 6.34. The second-order valence-corrected chi connectivity index (χ2v) is 6.47. The van der Waals surface area contributed by atoms with Crippen LogP contribution in [-0.2, 0) is 0 Å². The molecule has 2 aromatic carbocycles. The van der Waals surface area contributed by atoms with E-state index in [0.717, 1.165) is 17.0 Å². The van der Waals surface area contributed by atoms with Crippen molar-refractivity contribution in [2.45, 2.75) is 31.2 Å². The van der Waals surface area contributed by atoms with Crippen molar-refractivity contribution in [2.24, 2.45) is 5.84 Å². The van der Waals surface area contributed by atoms with Gasteiger partial charge in [0.1, 0.15) is 0 Å². The summed E-state index contributed by atoms with van der Waals surface area (Å²) in [5, 5.41) is 1.23. The van der Waals surface area contributed by atoms with Crippen molar-refractivity contribution in [3.05, 3.63) is 69.2 Å². The molecule has 0 aromatic heterocycles. The Bertz CT molecular complexity index is 601. The Morgan fingerprint density at radius 1 is 0.952 bits per heavy atom. The highest BCUT2D eigenvalue weighted by atomic mass is 35.5. The summed E-state index contributed by atoms with van der Waals surface area (Å²) in [4.78, 5) is 0. The van der Waals surface area contributed by atoms with E-state index in [1.165, 1.54) is 24.8 Å². The van der Waals surface area contributed by atoms with Gasteiger partial charge < -0.3 is 0 Å². The average molecular weight is 321 g/mol. The Hall–Kier alpha value is -1.06. The molecule has 0 radical (unpaired) electrons. The lowest BCUT2D eigenvalue weighted by atomic mass is 9.79. The number of hydrogen-bond acceptors (Lipinski definition) is 2. The number of nitrogens with one attached hydrogen (secondary N) is 1. The first-order valence-corrected chi connectivity index (χ1v) is 7.95. The molecule has 1 aliphatic carbocycles. The monoisotopic (exact) mass is 320 g/mol. The van der Waals surface area contributed by atoms with E-state index in [2.05, 4.69) is 29.7 Å². The predicted molar refractivity (Wildman–Crippen MR) is 88.7 cm³/mol. The van der Waals surface area contributed by atoms with E-state index >= 15 is 0 Å². The van der Waals surface area contributed by atoms with Crippen molar-refractivity contribution >= 4 is 23.2 Å². The average Bonchev–Trinajstić information content (AvgIpc) is 2.38. The molecule has 3 rings (SSSR count). The molecule has 110 valence electrons. The van der Waals surface area contributed by atoms with Crippen LogP contribution in [0, 0.1) is 0 Å². The van der Waals surface area contributed by atoms with E-state index in [0.29, 0.717) is 10.0 Å². The first-order valence-electron chi connectivity index (χ1n) is 7.19. The summed E-state index contributed by atoms with van der Waals surface area (Å²) in [5.41, 5.74) is 6.34. The molecule has 0 heterocycles. The molecule has 0 aliphatic heterocycles. The summed E-state index contributed by atoms with van der Waals surface area (Å²) >= 11 is 12.2. The topological polar surface area (TPSA) is 38.0 Å². The summed E-state index contributed by atoms with van der Waals surface area (Å²) in [6, 6.07) is 14.1. The van der Waals surface area contributed by atoms with Crippen LogP contribution in [0.3, 0.4) is 0 Å². The Morgan fingerprint density at radius 2 is 1.57 bits per heavy atom. The first kappa shape index (κ1) is 14.9. The van der Waals surface area contributed by atoms with Crippen molar-refractivity contribution in [1.82, 2.24) is 5.43 Å². The summed E-state index contributed by atoms with van der Waals surface area (Å²) < 4.78 is 0. The van der Waals surface area contributed by atoms with Crippen molar-refractivity contribution in [2.75, 3.05) is 0 Å². The third kappa shape index (κ3) is 3.24. The van der Waals surface area contributed by atoms with E-state index in [-0.39, 0.29) is 6.04 Å². The molecule has 1 fully saturated rings. The maximum Gasteiger partial charge on any atom is 0.0711 e. The van der Waals surface area contributed by atoms with Gasteiger partial charge in [-0.3, -0.25) is 5.84 Å². The summed E-state index contributed by atoms with van der Waals surface area (Å²) in [7, 11) is 0. The smallest absolute Gasteiger partial charge is 0.0711 e. The minimum absolute atomic E-state index is 0.114. The molecule has 1 aliphatic rings. The molecule has 2 aromatic rings. The van der Waals surface area contributed by atoms with Gasteiger partial charge in [-0.15, -0.1) is 0 Å². The molecule has 4 heteroatoms. The lowest BCUT2D eigenvalue weighted by Crippen LogP contribution is -2.28. The van der Waals surface area contributed by atoms with Crippen LogP contribution in [0.25, 0.3) is 0 Å². The number of halogens is 2. The normalized spacial score (nSPS) is 16.5. The molecule has 21 heavy (non-hydrogen) atoms. The molecule has 0 saturated heterocycles. The summed E-state index contributed by atoms with van der Waals surface area (Å²) in [6.45, 7) is 0. The molecule has 0 bridgehead atoms. The van der Waals surface area contributed by atoms with Gasteiger partial charge in [-0.25, -0.2) is 5.43 Å². The number of nitrogens with two attached hydrogens (primary N) is 1. The van der Waals surface area contributed by atoms with E-state index < -0.39 is 0 Å². The molecule has 0 spiro atoms. The zero-order chi connectivity index (χ0) is 14.8. The second kappa shape index (κ2) is 6.37. The molecule has 3 N–H and O–H groups in total. The molecule has 1 atom stereocenters. The molecular weight excluding hydrogens is 303 g/mol. The zero-order valence-electron chi connectivity index (χ0n) is 11.7. The van der Waals surface area contributed by atoms with Gasteiger partial charge in [-0.1, -0.05) is 53.9 Å². The fourth-order valence-electron chi connectivity index (χ4n) is 2.83. The van der Waals surface area contributed by atoms with Gasteiger partial charge in [0.25, 0.3) is 0 Å². The fraction of sp³-hybridized carbons (Fsp3) is 0.294. The first-order chi connectivity index (χ1) is 10.2. The standard InChI is InChI=1S/C17H18Cl2N2/c18-15-8-14(9-16(19)10-15)17(21-20)13-6-4-12(5-7-13)11-2-1-3-11/h4-11,17,21H,1-3,20H2. The quantitative estimate of drug-likeness (QED) is 0.626. The van der Waals surface area contributed by atoms with Gasteiger partial charge in [0.05, 0.1) is 6.04 Å². The highest BCUT2D eigenvalue weighted by Crippen LogP contribution is 2.37. The van der Waals surface area contributed by atoms with Gasteiger partial charge in [0, 0.05) is 10.0 Å². The largest absolute Gasteiger partial charge is 0.271 e. The Labute approximate surface area is 135 Å². The van der Waals surface area contributed by atoms with Crippen LogP contribution in [0.5, 0.6) is 0 Å². The minimum Gasteiger partial charge on any atom is -0.271 e. The molecule has 1 saturated carbocycles. The molecule has 2 nitrogen and oxygen atoms in total. The zero-order valence-corrected chi connectivity index (χ0v) is 13.2. The Balaban J connectivity index is 1.88. The van der Waals surface area contributed by atoms with E-state index in [1.54, 1.807) is 6.07 Å². The van der Waals surface area contributed by atoms with E-state index in [1.807, 2.05) is 12.1 Å². The Morgan fingerprint density at radius 3 is 2.05 bits per heavy atom. The Kier molecular flexibility index (Phi) is 4.51. The van der Waals surface area contributed by atoms with Gasteiger partial charge in [-0.05, 0) is 53.6 Å². The van der Waals surface area contributed by atoms with Crippen LogP contribution in [0.4, 0.5) is 0 Å². The van der Waals surface area contributed by atoms with Crippen molar-refractivity contribution < 1.29 is 0 Å². The second-order valence-electron chi connectivity index (χ2n) is 5.60. The minimum atomic E-state index is -0.114. The summed E-state index contributed by atoms with van der Waals surface area (Å²) in [5.74, 6) is 6.48. The lowest BCUT2D eigenvalue weighted by molar-refractivity contribution is 0.419. The number of hydrazine groups is 1. The molecule has 0 amide bonds. The van der Waals surface area contributed by atoms with Gasteiger partial charge in [0.15, 0.2) is 0 Å². The number of benzene rings is 2. The van der Waals surface area contributed by atoms with Gasteiger partial charge in [-0.2, -0.15) is 0 Å². The maximum absolute atomic E-state index is 6.08. The van der Waals surface area contributed by atoms with Gasteiger partial charge in [0.2, 0.25) is 0 Å². The number of hydrogen-bond donors (Lipinski definition) is 2. The number of rotatable bonds is 4. The predicted octanol–water partition coefficient (Wildman–Crippen LogP) is 4.81. The van der Waals surface area contributed by atoms with Crippen molar-refractivity contribution in [3.63, 3.8) is 0 Å². The third-order valence-corrected chi connectivity index (χ3v) is 4.67. The van der Waals surface area contributed by atoms with Crippen molar-refractivity contribution in [3.8, 4) is 0 Å². The van der Waals surface area contributed by atoms with E-state index in [4.69, 9.17) is 29.0 Å². The lowest BCUT2D eigenvalue weighted by Gasteiger charge is -2.26. The van der Waals surface area contributed by atoms with Crippen LogP contribution in [0.15, 0.2) is 42.5 Å². The molecular formula is C17H18Cl2N2. The summed E-state index contributed by atoms with van der Waals surface area (Å²) in [6.07, 6.45) is 3.96. The van der Waals surface area contributed by atoms with Crippen LogP contribution >= 0.6 is 23.2 Å². The van der Waals surface area contributed by atoms with Crippen LogP contribution in [0.2, 0.25) is 10.0 Å². The van der Waals surface area contributed by atoms with Crippen molar-refractivity contribution in [1.29, 1.82) is 0 Å². The van der Waals surface area contributed by atoms with Crippen LogP contribution in [0.1, 0.15) is 47.9 Å². The molecule has 1 unspecified atom stereocenters. The van der Waals surface area contributed by atoms with E-state index in [9.17, 15) is 0 Å².